The number of hydrogen-bond acceptors (Lipinski definition) is 7. The highest BCUT2D eigenvalue weighted by Gasteiger charge is 2.23. The summed E-state index contributed by atoms with van der Waals surface area (Å²) in [6, 6.07) is 35.7. The number of nitro groups is 1. The number of nitro benzene ring substituents is 1. The molecule has 5 aromatic carbocycles. The molecule has 49 heavy (non-hydrogen) atoms. The highest BCUT2D eigenvalue weighted by atomic mass is 32.2. The van der Waals surface area contributed by atoms with Crippen molar-refractivity contribution in [2.75, 3.05) is 10.6 Å². The molecule has 1 unspecified atom stereocenters. The zero-order valence-electron chi connectivity index (χ0n) is 25.6. The Balaban J connectivity index is 1.41. The molecule has 1 atom stereocenters. The zero-order valence-corrected chi connectivity index (χ0v) is 26.4. The maximum Gasteiger partial charge on any atom is 0.335 e. The maximum atomic E-state index is 13.6. The molecule has 0 fully saturated rings. The molecule has 0 spiro atoms. The number of amides is 3. The Morgan fingerprint density at radius 1 is 0.714 bits per heavy atom. The lowest BCUT2D eigenvalue weighted by Gasteiger charge is -2.18. The number of carboxylic acids is 1. The summed E-state index contributed by atoms with van der Waals surface area (Å²) in [5.74, 6) is -2.84. The number of rotatable bonds is 12. The minimum Gasteiger partial charge on any atom is -0.478 e. The molecule has 0 saturated heterocycles. The summed E-state index contributed by atoms with van der Waals surface area (Å²) < 4.78 is 0. The van der Waals surface area contributed by atoms with Crippen LogP contribution in [0.4, 0.5) is 17.1 Å². The standard InChI is InChI=1S/C37H28N4O7S/c42-34(25-13-5-2-6-14-25)40-31(22-26-15-7-8-20-32(26)41(47)48)35(43)38-29-18-10-19-30(23-29)49-33(24-11-3-1-4-12-24)36(44)39-28-17-9-16-27(21-28)37(45)46/h1-23,33H,(H,38,43)(H,39,44)(H,40,42)(H,45,46)/b31-22+. The van der Waals surface area contributed by atoms with Crippen LogP contribution in [0.5, 0.6) is 0 Å². The Bertz CT molecular complexity index is 2050. The molecule has 3 amide bonds. The molecule has 0 aliphatic heterocycles. The van der Waals surface area contributed by atoms with E-state index < -0.39 is 33.9 Å². The number of para-hydroxylation sites is 1. The Morgan fingerprint density at radius 3 is 2.02 bits per heavy atom. The van der Waals surface area contributed by atoms with Crippen molar-refractivity contribution in [1.82, 2.24) is 5.32 Å². The van der Waals surface area contributed by atoms with Crippen molar-refractivity contribution in [3.05, 3.63) is 172 Å². The zero-order chi connectivity index (χ0) is 34.8. The van der Waals surface area contributed by atoms with Crippen LogP contribution in [-0.4, -0.2) is 33.7 Å². The fourth-order valence-corrected chi connectivity index (χ4v) is 5.78. The largest absolute Gasteiger partial charge is 0.478 e. The Labute approximate surface area is 284 Å². The number of carbonyl (C=O) groups excluding carboxylic acids is 3. The lowest BCUT2D eigenvalue weighted by Crippen LogP contribution is -2.30. The molecule has 0 heterocycles. The van der Waals surface area contributed by atoms with Crippen molar-refractivity contribution >= 4 is 58.6 Å². The molecule has 12 heteroatoms. The summed E-state index contributed by atoms with van der Waals surface area (Å²) in [6.07, 6.45) is 1.24. The number of hydrogen-bond donors (Lipinski definition) is 4. The number of anilines is 2. The molecule has 5 rings (SSSR count). The van der Waals surface area contributed by atoms with Crippen molar-refractivity contribution in [3.8, 4) is 0 Å². The predicted octanol–water partition coefficient (Wildman–Crippen LogP) is 7.17. The Morgan fingerprint density at radius 2 is 1.33 bits per heavy atom. The minimum absolute atomic E-state index is 0.0282. The Hall–Kier alpha value is -6.53. The summed E-state index contributed by atoms with van der Waals surface area (Å²) in [7, 11) is 0. The molecular formula is C37H28N4O7S. The van der Waals surface area contributed by atoms with Gasteiger partial charge < -0.3 is 21.1 Å². The van der Waals surface area contributed by atoms with E-state index in [4.69, 9.17) is 0 Å². The maximum absolute atomic E-state index is 13.6. The third-order valence-corrected chi connectivity index (χ3v) is 8.27. The lowest BCUT2D eigenvalue weighted by molar-refractivity contribution is -0.385. The smallest absolute Gasteiger partial charge is 0.335 e. The minimum atomic E-state index is -1.12. The van der Waals surface area contributed by atoms with Crippen LogP contribution in [0.2, 0.25) is 0 Å². The van der Waals surface area contributed by atoms with Gasteiger partial charge in [-0.3, -0.25) is 24.5 Å². The second-order valence-electron chi connectivity index (χ2n) is 10.5. The van der Waals surface area contributed by atoms with E-state index >= 15 is 0 Å². The summed E-state index contributed by atoms with van der Waals surface area (Å²) >= 11 is 1.21. The molecule has 0 aliphatic carbocycles. The number of benzene rings is 5. The Kier molecular flexibility index (Phi) is 10.9. The summed E-state index contributed by atoms with van der Waals surface area (Å²) in [4.78, 5) is 63.4. The average Bonchev–Trinajstić information content (AvgIpc) is 3.11. The number of carboxylic acid groups (broad SMARTS) is 1. The first-order valence-corrected chi connectivity index (χ1v) is 15.6. The van der Waals surface area contributed by atoms with Crippen molar-refractivity contribution in [3.63, 3.8) is 0 Å². The molecule has 0 saturated carbocycles. The van der Waals surface area contributed by atoms with Gasteiger partial charge >= 0.3 is 5.97 Å². The van der Waals surface area contributed by atoms with Crippen molar-refractivity contribution in [1.29, 1.82) is 0 Å². The molecule has 4 N–H and O–H groups in total. The normalized spacial score (nSPS) is 11.6. The van der Waals surface area contributed by atoms with Crippen LogP contribution in [-0.2, 0) is 9.59 Å². The molecule has 0 aromatic heterocycles. The van der Waals surface area contributed by atoms with Crippen LogP contribution in [0.1, 0.15) is 37.1 Å². The monoisotopic (exact) mass is 672 g/mol. The van der Waals surface area contributed by atoms with Gasteiger partial charge in [0, 0.05) is 27.9 Å². The first kappa shape index (κ1) is 33.8. The molecule has 11 nitrogen and oxygen atoms in total. The fraction of sp³-hybridized carbons (Fsp3) is 0.0270. The average molecular weight is 673 g/mol. The number of thioether (sulfide) groups is 1. The van der Waals surface area contributed by atoms with Gasteiger partial charge in [-0.25, -0.2) is 4.79 Å². The van der Waals surface area contributed by atoms with Gasteiger partial charge in [-0.1, -0.05) is 72.8 Å². The van der Waals surface area contributed by atoms with Crippen molar-refractivity contribution in [2.24, 2.45) is 0 Å². The quantitative estimate of drug-likeness (QED) is 0.0468. The van der Waals surface area contributed by atoms with Crippen LogP contribution < -0.4 is 16.0 Å². The molecule has 0 radical (unpaired) electrons. The third kappa shape index (κ3) is 9.05. The lowest BCUT2D eigenvalue weighted by atomic mass is 10.1. The third-order valence-electron chi connectivity index (χ3n) is 7.03. The van der Waals surface area contributed by atoms with E-state index in [1.54, 1.807) is 91.0 Å². The number of nitrogens with one attached hydrogen (secondary N) is 3. The first-order valence-electron chi connectivity index (χ1n) is 14.8. The van der Waals surface area contributed by atoms with E-state index in [1.807, 2.05) is 6.07 Å². The van der Waals surface area contributed by atoms with Gasteiger partial charge in [0.15, 0.2) is 0 Å². The molecule has 5 aromatic rings. The molecule has 0 bridgehead atoms. The van der Waals surface area contributed by atoms with Gasteiger partial charge in [0.25, 0.3) is 17.5 Å². The highest BCUT2D eigenvalue weighted by molar-refractivity contribution is 8.00. The molecule has 244 valence electrons. The summed E-state index contributed by atoms with van der Waals surface area (Å²) in [5, 5.41) is 28.4. The molecule has 0 aliphatic rings. The van der Waals surface area contributed by atoms with Gasteiger partial charge in [0.05, 0.1) is 16.1 Å². The first-order chi connectivity index (χ1) is 23.7. The van der Waals surface area contributed by atoms with E-state index in [1.165, 1.54) is 54.2 Å². The van der Waals surface area contributed by atoms with Gasteiger partial charge in [-0.2, -0.15) is 0 Å². The van der Waals surface area contributed by atoms with Crippen LogP contribution in [0, 0.1) is 10.1 Å². The number of carbonyl (C=O) groups is 4. The van der Waals surface area contributed by atoms with Gasteiger partial charge in [0.2, 0.25) is 5.91 Å². The van der Waals surface area contributed by atoms with Gasteiger partial charge in [-0.15, -0.1) is 11.8 Å². The highest BCUT2D eigenvalue weighted by Crippen LogP contribution is 2.37. The molecular weight excluding hydrogens is 644 g/mol. The van der Waals surface area contributed by atoms with Crippen molar-refractivity contribution < 1.29 is 29.2 Å². The SMILES string of the molecule is O=C(Nc1cccc(SC(C(=O)Nc2cccc(C(=O)O)c2)c2ccccc2)c1)/C(=C\c1ccccc1[N+](=O)[O-])NC(=O)c1ccccc1. The second kappa shape index (κ2) is 15.8. The van der Waals surface area contributed by atoms with Gasteiger partial charge in [0.1, 0.15) is 10.9 Å². The van der Waals surface area contributed by atoms with E-state index in [0.717, 1.165) is 0 Å². The van der Waals surface area contributed by atoms with E-state index in [2.05, 4.69) is 16.0 Å². The summed E-state index contributed by atoms with van der Waals surface area (Å²) in [6.45, 7) is 0. The second-order valence-corrected chi connectivity index (χ2v) is 11.6. The van der Waals surface area contributed by atoms with Crippen LogP contribution in [0.3, 0.4) is 0 Å². The van der Waals surface area contributed by atoms with E-state index in [9.17, 15) is 34.4 Å². The number of nitrogens with zero attached hydrogens (tertiary/aromatic N) is 1. The van der Waals surface area contributed by atoms with Crippen LogP contribution in [0.25, 0.3) is 6.08 Å². The number of aromatic carboxylic acids is 1. The van der Waals surface area contributed by atoms with E-state index in [-0.39, 0.29) is 28.1 Å². The topological polar surface area (TPSA) is 168 Å². The van der Waals surface area contributed by atoms with Crippen molar-refractivity contribution in [2.45, 2.75) is 10.1 Å². The predicted molar refractivity (Wildman–Crippen MR) is 187 cm³/mol. The van der Waals surface area contributed by atoms with Gasteiger partial charge in [-0.05, 0) is 66.2 Å². The fourth-order valence-electron chi connectivity index (χ4n) is 4.69. The van der Waals surface area contributed by atoms with Crippen LogP contribution in [0.15, 0.2) is 144 Å². The van der Waals surface area contributed by atoms with E-state index in [0.29, 0.717) is 21.8 Å². The van der Waals surface area contributed by atoms with Crippen LogP contribution >= 0.6 is 11.8 Å². The summed E-state index contributed by atoms with van der Waals surface area (Å²) in [5.41, 5.74) is 1.28.